The van der Waals surface area contributed by atoms with Gasteiger partial charge in [0.15, 0.2) is 0 Å². The van der Waals surface area contributed by atoms with Crippen LogP contribution in [0.25, 0.3) is 0 Å². The van der Waals surface area contributed by atoms with E-state index in [0.717, 1.165) is 58.3 Å². The smallest absolute Gasteiger partial charge is 0.234 e. The molecule has 1 N–H and O–H groups in total. The molecule has 19 heavy (non-hydrogen) atoms. The Labute approximate surface area is 114 Å². The van der Waals surface area contributed by atoms with E-state index in [1.54, 1.807) is 0 Å². The Balaban J connectivity index is 1.43. The largest absolute Gasteiger partial charge is 0.352 e. The summed E-state index contributed by atoms with van der Waals surface area (Å²) in [4.78, 5) is 28.0. The molecule has 3 rings (SSSR count). The van der Waals surface area contributed by atoms with Gasteiger partial charge in [-0.3, -0.25) is 14.5 Å². The highest BCUT2D eigenvalue weighted by molar-refractivity contribution is 5.81. The van der Waals surface area contributed by atoms with Gasteiger partial charge in [-0.1, -0.05) is 0 Å². The van der Waals surface area contributed by atoms with Gasteiger partial charge in [-0.25, -0.2) is 0 Å². The molecule has 1 heterocycles. The zero-order valence-corrected chi connectivity index (χ0v) is 11.4. The highest BCUT2D eigenvalue weighted by atomic mass is 16.2. The first-order valence-corrected chi connectivity index (χ1v) is 7.53. The van der Waals surface area contributed by atoms with E-state index in [-0.39, 0.29) is 5.91 Å². The fourth-order valence-corrected chi connectivity index (χ4v) is 2.64. The zero-order chi connectivity index (χ0) is 13.2. The van der Waals surface area contributed by atoms with E-state index in [4.69, 9.17) is 0 Å². The number of rotatable bonds is 4. The number of amides is 2. The second kappa shape index (κ2) is 5.49. The Morgan fingerprint density at radius 1 is 1.00 bits per heavy atom. The minimum absolute atomic E-state index is 0.143. The van der Waals surface area contributed by atoms with Crippen molar-refractivity contribution in [1.29, 1.82) is 0 Å². The molecule has 0 aromatic heterocycles. The molecule has 0 bridgehead atoms. The van der Waals surface area contributed by atoms with Crippen LogP contribution in [-0.2, 0) is 9.59 Å². The van der Waals surface area contributed by atoms with Gasteiger partial charge >= 0.3 is 0 Å². The first kappa shape index (κ1) is 12.9. The molecule has 0 unspecified atom stereocenters. The maximum atomic E-state index is 12.0. The number of hydrogen-bond acceptors (Lipinski definition) is 3. The topological polar surface area (TPSA) is 52.7 Å². The van der Waals surface area contributed by atoms with Gasteiger partial charge in [0.25, 0.3) is 0 Å². The summed E-state index contributed by atoms with van der Waals surface area (Å²) in [7, 11) is 0. The van der Waals surface area contributed by atoms with E-state index in [1.165, 1.54) is 0 Å². The van der Waals surface area contributed by atoms with E-state index in [2.05, 4.69) is 10.2 Å². The van der Waals surface area contributed by atoms with Gasteiger partial charge in [-0.2, -0.15) is 0 Å². The van der Waals surface area contributed by atoms with Crippen molar-refractivity contribution < 1.29 is 9.59 Å². The Morgan fingerprint density at radius 2 is 1.79 bits per heavy atom. The molecular weight excluding hydrogens is 242 g/mol. The second-order valence-electron chi connectivity index (χ2n) is 6.07. The van der Waals surface area contributed by atoms with Crippen molar-refractivity contribution in [2.45, 2.75) is 38.1 Å². The Bertz CT molecular complexity index is 364. The third kappa shape index (κ3) is 3.69. The summed E-state index contributed by atoms with van der Waals surface area (Å²) in [5.74, 6) is 0.790. The van der Waals surface area contributed by atoms with Crippen molar-refractivity contribution in [3.8, 4) is 0 Å². The first-order valence-electron chi connectivity index (χ1n) is 7.53. The van der Waals surface area contributed by atoms with Crippen LogP contribution in [0, 0.1) is 5.92 Å². The number of carbonyl (C=O) groups is 2. The minimum Gasteiger partial charge on any atom is -0.352 e. The lowest BCUT2D eigenvalue weighted by Crippen LogP contribution is -2.40. The van der Waals surface area contributed by atoms with Gasteiger partial charge < -0.3 is 10.2 Å². The molecule has 0 radical (unpaired) electrons. The molecule has 0 atom stereocenters. The molecule has 3 aliphatic rings. The van der Waals surface area contributed by atoms with E-state index in [0.29, 0.717) is 24.4 Å². The van der Waals surface area contributed by atoms with E-state index < -0.39 is 0 Å². The van der Waals surface area contributed by atoms with Crippen LogP contribution < -0.4 is 5.32 Å². The average Bonchev–Trinajstić information content (AvgIpc) is 3.24. The van der Waals surface area contributed by atoms with E-state index in [1.807, 2.05) is 4.90 Å². The molecule has 0 spiro atoms. The number of hydrogen-bond donors (Lipinski definition) is 1. The normalized spacial score (nSPS) is 24.9. The van der Waals surface area contributed by atoms with Gasteiger partial charge in [0, 0.05) is 38.1 Å². The summed E-state index contributed by atoms with van der Waals surface area (Å²) >= 11 is 0. The van der Waals surface area contributed by atoms with Gasteiger partial charge in [-0.05, 0) is 32.1 Å². The Hall–Kier alpha value is -1.10. The summed E-state index contributed by atoms with van der Waals surface area (Å²) in [6.07, 6.45) is 5.39. The maximum absolute atomic E-state index is 12.0. The van der Waals surface area contributed by atoms with Crippen LogP contribution in [0.1, 0.15) is 32.1 Å². The van der Waals surface area contributed by atoms with Crippen LogP contribution in [0.2, 0.25) is 0 Å². The fourth-order valence-electron chi connectivity index (χ4n) is 2.64. The molecule has 5 nitrogen and oxygen atoms in total. The molecule has 0 aromatic carbocycles. The van der Waals surface area contributed by atoms with Gasteiger partial charge in [-0.15, -0.1) is 0 Å². The summed E-state index contributed by atoms with van der Waals surface area (Å²) < 4.78 is 0. The third-order valence-corrected chi connectivity index (χ3v) is 4.14. The molecule has 5 heteroatoms. The number of carbonyl (C=O) groups excluding carboxylic acids is 2. The molecule has 2 amide bonds. The van der Waals surface area contributed by atoms with Crippen molar-refractivity contribution in [3.63, 3.8) is 0 Å². The second-order valence-corrected chi connectivity index (χ2v) is 6.07. The molecular formula is C14H23N3O2. The highest BCUT2D eigenvalue weighted by Gasteiger charge is 2.34. The van der Waals surface area contributed by atoms with Crippen LogP contribution in [-0.4, -0.2) is 60.4 Å². The fraction of sp³-hybridized carbons (Fsp3) is 0.857. The van der Waals surface area contributed by atoms with Crippen LogP contribution in [0.3, 0.4) is 0 Å². The lowest BCUT2D eigenvalue weighted by molar-refractivity contribution is -0.132. The monoisotopic (exact) mass is 265 g/mol. The van der Waals surface area contributed by atoms with Gasteiger partial charge in [0.05, 0.1) is 6.54 Å². The molecule has 2 saturated carbocycles. The molecule has 1 aliphatic heterocycles. The molecule has 106 valence electrons. The quantitative estimate of drug-likeness (QED) is 0.790. The maximum Gasteiger partial charge on any atom is 0.234 e. The lowest BCUT2D eigenvalue weighted by atomic mass is 10.3. The van der Waals surface area contributed by atoms with Gasteiger partial charge in [0.2, 0.25) is 11.8 Å². The molecule has 3 fully saturated rings. The van der Waals surface area contributed by atoms with E-state index in [9.17, 15) is 9.59 Å². The Kier molecular flexibility index (Phi) is 3.73. The van der Waals surface area contributed by atoms with Crippen molar-refractivity contribution in [2.24, 2.45) is 5.92 Å². The summed E-state index contributed by atoms with van der Waals surface area (Å²) in [6, 6.07) is 0.437. The minimum atomic E-state index is 0.143. The third-order valence-electron chi connectivity index (χ3n) is 4.14. The lowest BCUT2D eigenvalue weighted by Gasteiger charge is -2.21. The molecule has 0 aromatic rings. The average molecular weight is 265 g/mol. The van der Waals surface area contributed by atoms with Crippen LogP contribution in [0.4, 0.5) is 0 Å². The molecule has 1 saturated heterocycles. The predicted molar refractivity (Wildman–Crippen MR) is 71.5 cm³/mol. The Morgan fingerprint density at radius 3 is 2.47 bits per heavy atom. The van der Waals surface area contributed by atoms with E-state index >= 15 is 0 Å². The van der Waals surface area contributed by atoms with Crippen LogP contribution >= 0.6 is 0 Å². The SMILES string of the molecule is O=C(CN1CCCN(C(=O)C2CC2)CC1)NC1CC1. The number of nitrogens with zero attached hydrogens (tertiary/aromatic N) is 2. The number of nitrogens with one attached hydrogen (secondary N) is 1. The van der Waals surface area contributed by atoms with Crippen molar-refractivity contribution >= 4 is 11.8 Å². The standard InChI is InChI=1S/C14H23N3O2/c18-13(15-12-4-5-12)10-16-6-1-7-17(9-8-16)14(19)11-2-3-11/h11-12H,1-10H2,(H,15,18). The first-order chi connectivity index (χ1) is 9.22. The van der Waals surface area contributed by atoms with Crippen molar-refractivity contribution in [2.75, 3.05) is 32.7 Å². The van der Waals surface area contributed by atoms with Crippen molar-refractivity contribution in [3.05, 3.63) is 0 Å². The highest BCUT2D eigenvalue weighted by Crippen LogP contribution is 2.31. The van der Waals surface area contributed by atoms with Crippen LogP contribution in [0.15, 0.2) is 0 Å². The summed E-state index contributed by atoms with van der Waals surface area (Å²) in [5.41, 5.74) is 0. The predicted octanol–water partition coefficient (Wildman–Crippen LogP) is 0.209. The van der Waals surface area contributed by atoms with Gasteiger partial charge in [0.1, 0.15) is 0 Å². The van der Waals surface area contributed by atoms with Crippen molar-refractivity contribution in [1.82, 2.24) is 15.1 Å². The summed E-state index contributed by atoms with van der Waals surface area (Å²) in [6.45, 7) is 3.88. The molecule has 2 aliphatic carbocycles. The summed E-state index contributed by atoms with van der Waals surface area (Å²) in [5, 5.41) is 3.02. The zero-order valence-electron chi connectivity index (χ0n) is 11.4. The van der Waals surface area contributed by atoms with Crippen LogP contribution in [0.5, 0.6) is 0 Å².